The van der Waals surface area contributed by atoms with Crippen molar-refractivity contribution in [3.8, 4) is 5.75 Å². The summed E-state index contributed by atoms with van der Waals surface area (Å²) in [6.07, 6.45) is 0. The number of benzene rings is 1. The third-order valence-corrected chi connectivity index (χ3v) is 2.29. The van der Waals surface area contributed by atoms with Gasteiger partial charge in [-0.15, -0.1) is 11.3 Å². The van der Waals surface area contributed by atoms with Crippen LogP contribution in [0.3, 0.4) is 0 Å². The third-order valence-electron chi connectivity index (χ3n) is 1.49. The highest BCUT2D eigenvalue weighted by Gasteiger charge is 2.00. The van der Waals surface area contributed by atoms with Crippen molar-refractivity contribution in [1.82, 2.24) is 4.98 Å². The largest absolute Gasteiger partial charge is 0.495 e. The van der Waals surface area contributed by atoms with E-state index in [2.05, 4.69) is 4.98 Å². The van der Waals surface area contributed by atoms with Crippen molar-refractivity contribution in [1.29, 1.82) is 0 Å². The zero-order valence-electron chi connectivity index (χ0n) is 7.00. The van der Waals surface area contributed by atoms with E-state index in [1.807, 2.05) is 18.2 Å². The van der Waals surface area contributed by atoms with Crippen LogP contribution in [0.5, 0.6) is 5.75 Å². The minimum absolute atomic E-state index is 0.328. The van der Waals surface area contributed by atoms with Gasteiger partial charge in [-0.05, 0) is 12.1 Å². The molecule has 0 N–H and O–H groups in total. The van der Waals surface area contributed by atoms with Crippen molar-refractivity contribution < 1.29 is 6.11 Å². The van der Waals surface area contributed by atoms with Crippen molar-refractivity contribution in [2.24, 2.45) is 0 Å². The van der Waals surface area contributed by atoms with Gasteiger partial charge in [0.25, 0.3) is 0 Å². The van der Waals surface area contributed by atoms with E-state index in [9.17, 15) is 0 Å². The van der Waals surface area contributed by atoms with Gasteiger partial charge in [0.05, 0.1) is 24.2 Å². The molecule has 0 aliphatic rings. The summed E-state index contributed by atoms with van der Waals surface area (Å²) < 4.78 is 13.4. The van der Waals surface area contributed by atoms with Crippen LogP contribution in [0.1, 0.15) is 1.37 Å². The molecule has 0 aliphatic carbocycles. The van der Waals surface area contributed by atoms with Crippen LogP contribution in [0.4, 0.5) is 0 Å². The number of rotatable bonds is 1. The number of fused-ring (bicyclic) bond motifs is 1. The lowest BCUT2D eigenvalue weighted by molar-refractivity contribution is 0.420. The Labute approximate surface area is 69.9 Å². The summed E-state index contributed by atoms with van der Waals surface area (Å²) in [5.74, 6) is 0.795. The van der Waals surface area contributed by atoms with E-state index in [4.69, 9.17) is 6.11 Å². The van der Waals surface area contributed by atoms with Gasteiger partial charge in [-0.1, -0.05) is 6.07 Å². The first-order chi connectivity index (χ1) is 5.81. The van der Waals surface area contributed by atoms with Gasteiger partial charge < -0.3 is 4.74 Å². The first-order valence-electron chi connectivity index (χ1n) is 3.71. The second kappa shape index (κ2) is 2.51. The van der Waals surface area contributed by atoms with Crippen LogP contribution < -0.4 is 4.74 Å². The van der Waals surface area contributed by atoms with Crippen molar-refractivity contribution in [2.75, 3.05) is 7.11 Å². The first-order valence-corrected chi connectivity index (χ1v) is 4.03. The number of thiazole rings is 1. The topological polar surface area (TPSA) is 22.1 Å². The lowest BCUT2D eigenvalue weighted by Gasteiger charge is -1.97. The number of hydrogen-bond donors (Lipinski definition) is 0. The number of hydrogen-bond acceptors (Lipinski definition) is 3. The smallest absolute Gasteiger partial charge is 0.138 e. The fourth-order valence-corrected chi connectivity index (χ4v) is 1.68. The minimum atomic E-state index is 0.328. The van der Waals surface area contributed by atoms with E-state index in [1.54, 1.807) is 7.11 Å². The summed E-state index contributed by atoms with van der Waals surface area (Å²) >= 11 is 1.33. The second-order valence-corrected chi connectivity index (χ2v) is 2.91. The van der Waals surface area contributed by atoms with Gasteiger partial charge >= 0.3 is 0 Å². The second-order valence-electron chi connectivity index (χ2n) is 2.11. The van der Waals surface area contributed by atoms with Gasteiger partial charge in [0.15, 0.2) is 0 Å². The molecule has 2 aromatic rings. The Morgan fingerprint density at radius 3 is 3.36 bits per heavy atom. The lowest BCUT2D eigenvalue weighted by atomic mass is 10.3. The fraction of sp³-hybridized carbons (Fsp3) is 0.125. The Morgan fingerprint density at radius 1 is 1.64 bits per heavy atom. The number of nitrogens with zero attached hydrogens (tertiary/aromatic N) is 1. The Balaban J connectivity index is 2.78. The van der Waals surface area contributed by atoms with Crippen LogP contribution >= 0.6 is 11.3 Å². The van der Waals surface area contributed by atoms with E-state index < -0.39 is 0 Å². The zero-order chi connectivity index (χ0) is 8.55. The Hall–Kier alpha value is -1.09. The minimum Gasteiger partial charge on any atom is -0.495 e. The van der Waals surface area contributed by atoms with Crippen LogP contribution in [-0.2, 0) is 0 Å². The molecule has 2 nitrogen and oxygen atoms in total. The summed E-state index contributed by atoms with van der Waals surface area (Å²) in [5, 5.41) is 0. The Morgan fingerprint density at radius 2 is 2.55 bits per heavy atom. The SMILES string of the molecule is [2H]c1nc2cccc(OC)c2s1. The average molecular weight is 166 g/mol. The van der Waals surface area contributed by atoms with Crippen molar-refractivity contribution >= 4 is 21.6 Å². The van der Waals surface area contributed by atoms with Gasteiger partial charge in [0.1, 0.15) is 5.75 Å². The first kappa shape index (κ1) is 5.55. The maximum absolute atomic E-state index is 7.35. The number of methoxy groups -OCH3 is 1. The molecule has 0 fully saturated rings. The summed E-state index contributed by atoms with van der Waals surface area (Å²) in [6, 6.07) is 5.63. The molecule has 0 spiro atoms. The van der Waals surface area contributed by atoms with Crippen LogP contribution in [0, 0.1) is 0 Å². The molecule has 0 saturated carbocycles. The third kappa shape index (κ3) is 0.973. The molecule has 0 amide bonds. The summed E-state index contributed by atoms with van der Waals surface area (Å²) in [4.78, 5) is 4.03. The van der Waals surface area contributed by atoms with E-state index in [0.29, 0.717) is 5.49 Å². The summed E-state index contributed by atoms with van der Waals surface area (Å²) in [7, 11) is 1.62. The predicted octanol–water partition coefficient (Wildman–Crippen LogP) is 2.30. The number of aromatic nitrogens is 1. The van der Waals surface area contributed by atoms with Crippen LogP contribution in [0.2, 0.25) is 0 Å². The highest BCUT2D eigenvalue weighted by atomic mass is 32.1. The van der Waals surface area contributed by atoms with Crippen LogP contribution in [0.15, 0.2) is 23.7 Å². The van der Waals surface area contributed by atoms with Crippen molar-refractivity contribution in [3.05, 3.63) is 23.7 Å². The molecule has 0 unspecified atom stereocenters. The van der Waals surface area contributed by atoms with Crippen LogP contribution in [0.25, 0.3) is 10.2 Å². The quantitative estimate of drug-likeness (QED) is 0.648. The molecule has 0 bridgehead atoms. The molecule has 3 heteroatoms. The molecular weight excluding hydrogens is 158 g/mol. The molecule has 1 aromatic heterocycles. The molecule has 0 radical (unpaired) electrons. The summed E-state index contributed by atoms with van der Waals surface area (Å²) in [5.41, 5.74) is 1.17. The molecular formula is C8H7NOS. The predicted molar refractivity (Wildman–Crippen MR) is 46.2 cm³/mol. The van der Waals surface area contributed by atoms with Crippen molar-refractivity contribution in [3.63, 3.8) is 0 Å². The maximum atomic E-state index is 7.35. The Kier molecular flexibility index (Phi) is 1.26. The van der Waals surface area contributed by atoms with E-state index in [1.165, 1.54) is 11.3 Å². The highest BCUT2D eigenvalue weighted by molar-refractivity contribution is 7.17. The van der Waals surface area contributed by atoms with Gasteiger partial charge in [0.2, 0.25) is 0 Å². The normalized spacial score (nSPS) is 11.5. The Bertz CT molecular complexity index is 412. The van der Waals surface area contributed by atoms with Crippen LogP contribution in [-0.4, -0.2) is 12.1 Å². The lowest BCUT2D eigenvalue weighted by Crippen LogP contribution is -1.80. The molecule has 0 saturated heterocycles. The van der Waals surface area contributed by atoms with E-state index in [-0.39, 0.29) is 0 Å². The average Bonchev–Trinajstić information content (AvgIpc) is 2.44. The van der Waals surface area contributed by atoms with Crippen molar-refractivity contribution in [2.45, 2.75) is 0 Å². The molecule has 56 valence electrons. The molecule has 11 heavy (non-hydrogen) atoms. The standard InChI is InChI=1S/C8H7NOS/c1-10-7-4-2-3-6-8(7)11-5-9-6/h2-5H,1H3/i5D. The fourth-order valence-electron chi connectivity index (χ4n) is 0.973. The van der Waals surface area contributed by atoms with E-state index in [0.717, 1.165) is 16.0 Å². The molecule has 0 aliphatic heterocycles. The summed E-state index contributed by atoms with van der Waals surface area (Å²) in [6.45, 7) is 0. The molecule has 1 aromatic carbocycles. The molecule has 1 heterocycles. The monoisotopic (exact) mass is 166 g/mol. The van der Waals surface area contributed by atoms with E-state index >= 15 is 0 Å². The zero-order valence-corrected chi connectivity index (χ0v) is 6.81. The molecule has 2 rings (SSSR count). The molecule has 0 atom stereocenters. The van der Waals surface area contributed by atoms with Gasteiger partial charge in [-0.2, -0.15) is 0 Å². The maximum Gasteiger partial charge on any atom is 0.138 e. The number of ether oxygens (including phenoxy) is 1. The van der Waals surface area contributed by atoms with Gasteiger partial charge in [-0.3, -0.25) is 0 Å². The highest BCUT2D eigenvalue weighted by Crippen LogP contribution is 2.27. The van der Waals surface area contributed by atoms with Gasteiger partial charge in [0, 0.05) is 0 Å². The van der Waals surface area contributed by atoms with Gasteiger partial charge in [-0.25, -0.2) is 4.98 Å².